The van der Waals surface area contributed by atoms with Crippen LogP contribution in [0.2, 0.25) is 0 Å². The minimum atomic E-state index is -2.98. The van der Waals surface area contributed by atoms with Crippen LogP contribution in [-0.2, 0) is 13.1 Å². The molecule has 3 fully saturated rings. The molecule has 31 heavy (non-hydrogen) atoms. The zero-order valence-corrected chi connectivity index (χ0v) is 17.8. The van der Waals surface area contributed by atoms with Crippen molar-refractivity contribution < 1.29 is 18.1 Å². The Hall–Kier alpha value is -2.36. The smallest absolute Gasteiger partial charge is 0.277 e. The number of carbonyl (C=O) groups is 1. The van der Waals surface area contributed by atoms with Crippen molar-refractivity contribution in [2.75, 3.05) is 19.6 Å². The van der Waals surface area contributed by atoms with Crippen LogP contribution in [0.5, 0.6) is 0 Å². The summed E-state index contributed by atoms with van der Waals surface area (Å²) in [6.45, 7) is 4.27. The number of halogens is 2. The van der Waals surface area contributed by atoms with Gasteiger partial charge in [-0.2, -0.15) is 0 Å². The number of aryl methyl sites for hydroxylation is 1. The number of alkyl halides is 2. The average Bonchev–Trinajstić information content (AvgIpc) is 3.16. The van der Waals surface area contributed by atoms with Gasteiger partial charge in [0.15, 0.2) is 11.5 Å². The first-order valence-electron chi connectivity index (χ1n) is 11.2. The molecule has 168 valence electrons. The number of carbonyl (C=O) groups excluding carboxylic acids is 1. The van der Waals surface area contributed by atoms with E-state index < -0.39 is 30.8 Å². The van der Waals surface area contributed by atoms with Crippen LogP contribution in [0.1, 0.15) is 72.2 Å². The zero-order valence-electron chi connectivity index (χ0n) is 17.8. The molecule has 5 rings (SSSR count). The molecular formula is C21H28F2N6O2. The number of piperidine rings is 1. The quantitative estimate of drug-likeness (QED) is 0.695. The zero-order chi connectivity index (χ0) is 21.6. The van der Waals surface area contributed by atoms with Crippen molar-refractivity contribution in [3.63, 3.8) is 0 Å². The lowest BCUT2D eigenvalue weighted by Crippen LogP contribution is -2.35. The third-order valence-corrected chi connectivity index (χ3v) is 6.64. The summed E-state index contributed by atoms with van der Waals surface area (Å²) >= 11 is 0. The van der Waals surface area contributed by atoms with Crippen LogP contribution >= 0.6 is 0 Å². The number of aromatic nitrogens is 4. The minimum Gasteiger partial charge on any atom is -0.361 e. The summed E-state index contributed by atoms with van der Waals surface area (Å²) < 4.78 is 36.2. The Kier molecular flexibility index (Phi) is 5.27. The van der Waals surface area contributed by atoms with Crippen molar-refractivity contribution in [3.8, 4) is 0 Å². The second-order valence-electron chi connectivity index (χ2n) is 9.20. The van der Waals surface area contributed by atoms with E-state index in [-0.39, 0.29) is 5.69 Å². The topological polar surface area (TPSA) is 80.3 Å². The maximum Gasteiger partial charge on any atom is 0.277 e. The van der Waals surface area contributed by atoms with E-state index in [4.69, 9.17) is 4.52 Å². The lowest BCUT2D eigenvalue weighted by atomic mass is 10.1. The molecule has 0 N–H and O–H groups in total. The van der Waals surface area contributed by atoms with Crippen molar-refractivity contribution in [3.05, 3.63) is 29.2 Å². The number of rotatable bonds is 6. The van der Waals surface area contributed by atoms with Crippen LogP contribution in [0.3, 0.4) is 0 Å². The van der Waals surface area contributed by atoms with Crippen LogP contribution < -0.4 is 0 Å². The van der Waals surface area contributed by atoms with Gasteiger partial charge in [0.1, 0.15) is 12.1 Å². The Bertz CT molecular complexity index is 948. The highest BCUT2D eigenvalue weighted by Gasteiger charge is 2.50. The molecule has 2 aromatic heterocycles. The molecule has 0 spiro atoms. The predicted octanol–water partition coefficient (Wildman–Crippen LogP) is 3.19. The molecule has 2 aromatic rings. The number of hydrogen-bond donors (Lipinski definition) is 0. The van der Waals surface area contributed by atoms with E-state index in [1.165, 1.54) is 11.3 Å². The van der Waals surface area contributed by atoms with Gasteiger partial charge in [0.2, 0.25) is 0 Å². The van der Waals surface area contributed by atoms with E-state index in [1.54, 1.807) is 13.3 Å². The SMILES string of the molecule is Cc1onc(C(=O)N2CC(F)(F)C[C@H]2c2nncn2CC2CC2)c1CN1CCCCC1. The lowest BCUT2D eigenvalue weighted by Gasteiger charge is -2.27. The van der Waals surface area contributed by atoms with E-state index in [2.05, 4.69) is 20.3 Å². The summed E-state index contributed by atoms with van der Waals surface area (Å²) in [5.74, 6) is -1.98. The maximum atomic E-state index is 14.5. The van der Waals surface area contributed by atoms with Crippen LogP contribution in [-0.4, -0.2) is 61.2 Å². The van der Waals surface area contributed by atoms with Gasteiger partial charge in [-0.05, 0) is 51.6 Å². The van der Waals surface area contributed by atoms with Gasteiger partial charge in [-0.25, -0.2) is 8.78 Å². The first kappa shape index (κ1) is 20.5. The molecule has 2 aliphatic heterocycles. The molecular weight excluding hydrogens is 406 g/mol. The highest BCUT2D eigenvalue weighted by Crippen LogP contribution is 2.42. The molecule has 3 aliphatic rings. The summed E-state index contributed by atoms with van der Waals surface area (Å²) in [7, 11) is 0. The lowest BCUT2D eigenvalue weighted by molar-refractivity contribution is 0.0116. The largest absolute Gasteiger partial charge is 0.361 e. The maximum absolute atomic E-state index is 14.5. The molecule has 10 heteroatoms. The van der Waals surface area contributed by atoms with E-state index in [0.717, 1.165) is 38.8 Å². The molecule has 1 amide bonds. The Balaban J connectivity index is 1.41. The third-order valence-electron chi connectivity index (χ3n) is 6.64. The fourth-order valence-corrected chi connectivity index (χ4v) is 4.72. The molecule has 8 nitrogen and oxygen atoms in total. The molecule has 0 unspecified atom stereocenters. The van der Waals surface area contributed by atoms with Gasteiger partial charge < -0.3 is 14.0 Å². The Morgan fingerprint density at radius 3 is 2.77 bits per heavy atom. The van der Waals surface area contributed by atoms with Crippen molar-refractivity contribution in [2.45, 2.75) is 70.5 Å². The van der Waals surface area contributed by atoms with Crippen molar-refractivity contribution in [1.82, 2.24) is 29.7 Å². The van der Waals surface area contributed by atoms with Gasteiger partial charge in [0, 0.05) is 25.1 Å². The van der Waals surface area contributed by atoms with Gasteiger partial charge in [0.05, 0.1) is 12.6 Å². The van der Waals surface area contributed by atoms with Crippen molar-refractivity contribution >= 4 is 5.91 Å². The molecule has 4 heterocycles. The van der Waals surface area contributed by atoms with Gasteiger partial charge in [0.25, 0.3) is 11.8 Å². The molecule has 0 bridgehead atoms. The Labute approximate surface area is 179 Å². The number of amides is 1. The summed E-state index contributed by atoms with van der Waals surface area (Å²) in [4.78, 5) is 16.9. The van der Waals surface area contributed by atoms with Crippen molar-refractivity contribution in [2.24, 2.45) is 5.92 Å². The first-order valence-corrected chi connectivity index (χ1v) is 11.2. The van der Waals surface area contributed by atoms with Gasteiger partial charge >= 0.3 is 0 Å². The van der Waals surface area contributed by atoms with Crippen LogP contribution in [0, 0.1) is 12.8 Å². The Morgan fingerprint density at radius 1 is 1.26 bits per heavy atom. The molecule has 2 saturated heterocycles. The third kappa shape index (κ3) is 4.22. The van der Waals surface area contributed by atoms with Crippen LogP contribution in [0.25, 0.3) is 0 Å². The van der Waals surface area contributed by atoms with Crippen LogP contribution in [0.15, 0.2) is 10.9 Å². The minimum absolute atomic E-state index is 0.138. The standard InChI is InChI=1S/C21H28F2N6O2/c1-14-16(11-27-7-3-2-4-8-27)18(26-31-14)20(30)29-12-21(22,23)9-17(29)19-25-24-13-28(19)10-15-5-6-15/h13,15,17H,2-12H2,1H3/t17-/m0/s1. The molecule has 1 aliphatic carbocycles. The van der Waals surface area contributed by atoms with Gasteiger partial charge in [-0.15, -0.1) is 10.2 Å². The summed E-state index contributed by atoms with van der Waals surface area (Å²) in [5, 5.41) is 12.1. The van der Waals surface area contributed by atoms with E-state index >= 15 is 0 Å². The number of likely N-dealkylation sites (tertiary alicyclic amines) is 2. The van der Waals surface area contributed by atoms with Gasteiger partial charge in [-0.3, -0.25) is 9.69 Å². The fraction of sp³-hybridized carbons (Fsp3) is 0.714. The predicted molar refractivity (Wildman–Crippen MR) is 106 cm³/mol. The first-order chi connectivity index (χ1) is 14.9. The van der Waals surface area contributed by atoms with E-state index in [1.807, 2.05) is 4.57 Å². The van der Waals surface area contributed by atoms with Crippen molar-refractivity contribution in [1.29, 1.82) is 0 Å². The van der Waals surface area contributed by atoms with Gasteiger partial charge in [-0.1, -0.05) is 11.6 Å². The highest BCUT2D eigenvalue weighted by molar-refractivity contribution is 5.94. The molecule has 1 atom stereocenters. The van der Waals surface area contributed by atoms with E-state index in [0.29, 0.717) is 36.2 Å². The molecule has 1 saturated carbocycles. The summed E-state index contributed by atoms with van der Waals surface area (Å²) in [6.07, 6.45) is 6.81. The monoisotopic (exact) mass is 434 g/mol. The second-order valence-corrected chi connectivity index (χ2v) is 9.20. The normalized spacial score (nSPS) is 24.1. The number of hydrogen-bond acceptors (Lipinski definition) is 6. The number of nitrogens with zero attached hydrogens (tertiary/aromatic N) is 6. The molecule has 0 aromatic carbocycles. The fourth-order valence-electron chi connectivity index (χ4n) is 4.72. The summed E-state index contributed by atoms with van der Waals surface area (Å²) in [6, 6.07) is -0.830. The second kappa shape index (κ2) is 7.96. The molecule has 0 radical (unpaired) electrons. The van der Waals surface area contributed by atoms with E-state index in [9.17, 15) is 13.6 Å². The average molecular weight is 434 g/mol. The van der Waals surface area contributed by atoms with Crippen LogP contribution in [0.4, 0.5) is 8.78 Å². The Morgan fingerprint density at radius 2 is 2.03 bits per heavy atom. The highest BCUT2D eigenvalue weighted by atomic mass is 19.3. The summed E-state index contributed by atoms with van der Waals surface area (Å²) in [5.41, 5.74) is 0.833.